The van der Waals surface area contributed by atoms with E-state index in [0.29, 0.717) is 10.8 Å². The van der Waals surface area contributed by atoms with Crippen molar-refractivity contribution in [2.45, 2.75) is 0 Å². The Morgan fingerprint density at radius 1 is 1.20 bits per heavy atom. The number of nitro groups is 1. The minimum atomic E-state index is -0.483. The molecule has 0 saturated carbocycles. The Morgan fingerprint density at radius 2 is 1.95 bits per heavy atom. The van der Waals surface area contributed by atoms with E-state index in [4.69, 9.17) is 16.3 Å². The monoisotopic (exact) mass is 289 g/mol. The molecule has 0 spiro atoms. The highest BCUT2D eigenvalue weighted by Gasteiger charge is 2.10. The SMILES string of the molecule is O=[N+]([O-])c1ccc(Cl)c(OC/C=C/c2ccccc2)c1. The summed E-state index contributed by atoms with van der Waals surface area (Å²) in [6, 6.07) is 13.9. The molecule has 0 fully saturated rings. The highest BCUT2D eigenvalue weighted by molar-refractivity contribution is 6.32. The Bertz CT molecular complexity index is 626. The number of hydrogen-bond donors (Lipinski definition) is 0. The molecular formula is C15H12ClNO3. The van der Waals surface area contributed by atoms with Gasteiger partial charge in [-0.15, -0.1) is 0 Å². The molecule has 0 aliphatic carbocycles. The number of halogens is 1. The van der Waals surface area contributed by atoms with Gasteiger partial charge in [0.05, 0.1) is 16.0 Å². The maximum Gasteiger partial charge on any atom is 0.273 e. The van der Waals surface area contributed by atoms with Crippen LogP contribution in [0.1, 0.15) is 5.56 Å². The predicted molar refractivity (Wildman–Crippen MR) is 79.1 cm³/mol. The average molecular weight is 290 g/mol. The molecule has 20 heavy (non-hydrogen) atoms. The minimum Gasteiger partial charge on any atom is -0.488 e. The number of nitrogens with zero attached hydrogens (tertiary/aromatic N) is 1. The van der Waals surface area contributed by atoms with Crippen LogP contribution < -0.4 is 4.74 Å². The molecule has 0 aliphatic rings. The molecule has 0 N–H and O–H groups in total. The summed E-state index contributed by atoms with van der Waals surface area (Å²) in [5.41, 5.74) is 1.01. The Balaban J connectivity index is 1.99. The lowest BCUT2D eigenvalue weighted by Crippen LogP contribution is -1.95. The molecule has 0 radical (unpaired) electrons. The van der Waals surface area contributed by atoms with Crippen LogP contribution in [0.4, 0.5) is 5.69 Å². The van der Waals surface area contributed by atoms with Crippen LogP contribution in [0.3, 0.4) is 0 Å². The largest absolute Gasteiger partial charge is 0.488 e. The average Bonchev–Trinajstić information content (AvgIpc) is 2.46. The van der Waals surface area contributed by atoms with E-state index in [-0.39, 0.29) is 12.3 Å². The highest BCUT2D eigenvalue weighted by atomic mass is 35.5. The van der Waals surface area contributed by atoms with Crippen molar-refractivity contribution in [2.75, 3.05) is 6.61 Å². The fraction of sp³-hybridized carbons (Fsp3) is 0.0667. The second-order valence-corrected chi connectivity index (χ2v) is 4.40. The molecule has 4 nitrogen and oxygen atoms in total. The Labute approximate surface area is 121 Å². The highest BCUT2D eigenvalue weighted by Crippen LogP contribution is 2.28. The first-order valence-corrected chi connectivity index (χ1v) is 6.33. The summed E-state index contributed by atoms with van der Waals surface area (Å²) in [7, 11) is 0. The first kappa shape index (κ1) is 14.1. The van der Waals surface area contributed by atoms with Crippen molar-refractivity contribution in [3.63, 3.8) is 0 Å². The maximum atomic E-state index is 10.7. The van der Waals surface area contributed by atoms with E-state index >= 15 is 0 Å². The van der Waals surface area contributed by atoms with E-state index in [9.17, 15) is 10.1 Å². The van der Waals surface area contributed by atoms with Crippen molar-refractivity contribution in [1.82, 2.24) is 0 Å². The van der Waals surface area contributed by atoms with Crippen LogP contribution in [-0.2, 0) is 0 Å². The van der Waals surface area contributed by atoms with E-state index < -0.39 is 4.92 Å². The number of ether oxygens (including phenoxy) is 1. The summed E-state index contributed by atoms with van der Waals surface area (Å²) in [5.74, 6) is 0.304. The van der Waals surface area contributed by atoms with Crippen molar-refractivity contribution in [3.8, 4) is 5.75 Å². The zero-order chi connectivity index (χ0) is 14.4. The lowest BCUT2D eigenvalue weighted by molar-refractivity contribution is -0.384. The molecule has 0 amide bonds. The van der Waals surface area contributed by atoms with Crippen molar-refractivity contribution in [1.29, 1.82) is 0 Å². The van der Waals surface area contributed by atoms with E-state index in [1.165, 1.54) is 18.2 Å². The van der Waals surface area contributed by atoms with Gasteiger partial charge in [0.15, 0.2) is 0 Å². The molecule has 2 rings (SSSR count). The van der Waals surface area contributed by atoms with Crippen molar-refractivity contribution in [2.24, 2.45) is 0 Å². The van der Waals surface area contributed by atoms with Gasteiger partial charge in [0.25, 0.3) is 5.69 Å². The molecule has 0 heterocycles. The minimum absolute atomic E-state index is 0.0450. The number of hydrogen-bond acceptors (Lipinski definition) is 3. The van der Waals surface area contributed by atoms with Crippen LogP contribution in [0.15, 0.2) is 54.6 Å². The van der Waals surface area contributed by atoms with Gasteiger partial charge in [-0.05, 0) is 17.7 Å². The molecule has 2 aromatic carbocycles. The van der Waals surface area contributed by atoms with Crippen LogP contribution in [0, 0.1) is 10.1 Å². The smallest absolute Gasteiger partial charge is 0.273 e. The third kappa shape index (κ3) is 3.83. The molecule has 102 valence electrons. The first-order chi connectivity index (χ1) is 9.66. The second kappa shape index (κ2) is 6.73. The molecule has 0 bridgehead atoms. The molecule has 0 aliphatic heterocycles. The van der Waals surface area contributed by atoms with Gasteiger partial charge >= 0.3 is 0 Å². The quantitative estimate of drug-likeness (QED) is 0.608. The number of benzene rings is 2. The summed E-state index contributed by atoms with van der Waals surface area (Å²) < 4.78 is 5.43. The standard InChI is InChI=1S/C15H12ClNO3/c16-14-9-8-13(17(18)19)11-15(14)20-10-4-7-12-5-2-1-3-6-12/h1-9,11H,10H2/b7-4+. The Morgan fingerprint density at radius 3 is 2.65 bits per heavy atom. The first-order valence-electron chi connectivity index (χ1n) is 5.95. The van der Waals surface area contributed by atoms with E-state index in [1.807, 2.05) is 42.5 Å². The molecule has 0 atom stereocenters. The summed E-state index contributed by atoms with van der Waals surface area (Å²) in [6.07, 6.45) is 3.73. The van der Waals surface area contributed by atoms with Crippen molar-refractivity contribution < 1.29 is 9.66 Å². The molecule has 0 unspecified atom stereocenters. The predicted octanol–water partition coefficient (Wildman–Crippen LogP) is 4.34. The van der Waals surface area contributed by atoms with Gasteiger partial charge in [0.1, 0.15) is 12.4 Å². The normalized spacial score (nSPS) is 10.7. The lowest BCUT2D eigenvalue weighted by atomic mass is 10.2. The van der Waals surface area contributed by atoms with Crippen LogP contribution in [0.5, 0.6) is 5.75 Å². The fourth-order valence-electron chi connectivity index (χ4n) is 1.60. The summed E-state index contributed by atoms with van der Waals surface area (Å²) in [4.78, 5) is 10.2. The zero-order valence-corrected chi connectivity index (χ0v) is 11.3. The van der Waals surface area contributed by atoms with Crippen LogP contribution in [-0.4, -0.2) is 11.5 Å². The van der Waals surface area contributed by atoms with Crippen LogP contribution >= 0.6 is 11.6 Å². The summed E-state index contributed by atoms with van der Waals surface area (Å²) >= 11 is 5.93. The third-order valence-electron chi connectivity index (χ3n) is 2.57. The molecule has 2 aromatic rings. The second-order valence-electron chi connectivity index (χ2n) is 4.00. The van der Waals surface area contributed by atoms with Gasteiger partial charge < -0.3 is 4.74 Å². The van der Waals surface area contributed by atoms with E-state index in [0.717, 1.165) is 5.56 Å². The molecular weight excluding hydrogens is 278 g/mol. The van der Waals surface area contributed by atoms with Gasteiger partial charge in [-0.2, -0.15) is 0 Å². The van der Waals surface area contributed by atoms with E-state index in [1.54, 1.807) is 0 Å². The lowest BCUT2D eigenvalue weighted by Gasteiger charge is -2.05. The van der Waals surface area contributed by atoms with Gasteiger partial charge in [-0.25, -0.2) is 0 Å². The Hall–Kier alpha value is -2.33. The summed E-state index contributed by atoms with van der Waals surface area (Å²) in [5, 5.41) is 11.0. The van der Waals surface area contributed by atoms with Gasteiger partial charge in [0.2, 0.25) is 0 Å². The van der Waals surface area contributed by atoms with Gasteiger partial charge in [-0.1, -0.05) is 48.0 Å². The maximum absolute atomic E-state index is 10.7. The molecule has 0 aromatic heterocycles. The zero-order valence-electron chi connectivity index (χ0n) is 10.5. The third-order valence-corrected chi connectivity index (χ3v) is 2.88. The van der Waals surface area contributed by atoms with Crippen LogP contribution in [0.25, 0.3) is 6.08 Å². The fourth-order valence-corrected chi connectivity index (χ4v) is 1.77. The number of non-ortho nitro benzene ring substituents is 1. The topological polar surface area (TPSA) is 52.4 Å². The van der Waals surface area contributed by atoms with Gasteiger partial charge in [-0.3, -0.25) is 10.1 Å². The van der Waals surface area contributed by atoms with Crippen molar-refractivity contribution in [3.05, 3.63) is 75.3 Å². The number of nitro benzene ring substituents is 1. The Kier molecular flexibility index (Phi) is 4.74. The van der Waals surface area contributed by atoms with Crippen LogP contribution in [0.2, 0.25) is 5.02 Å². The van der Waals surface area contributed by atoms with Crippen molar-refractivity contribution >= 4 is 23.4 Å². The summed E-state index contributed by atoms with van der Waals surface area (Å²) in [6.45, 7) is 0.287. The van der Waals surface area contributed by atoms with Gasteiger partial charge in [0, 0.05) is 6.07 Å². The number of rotatable bonds is 5. The molecule has 0 saturated heterocycles. The molecule has 5 heteroatoms. The van der Waals surface area contributed by atoms with E-state index in [2.05, 4.69) is 0 Å².